The van der Waals surface area contributed by atoms with Crippen LogP contribution in [0.5, 0.6) is 11.5 Å². The zero-order valence-electron chi connectivity index (χ0n) is 24.2. The number of halogens is 7. The Bertz CT molecular complexity index is 1770. The fourth-order valence-corrected chi connectivity index (χ4v) is 5.26. The summed E-state index contributed by atoms with van der Waals surface area (Å²) in [7, 11) is 0. The van der Waals surface area contributed by atoms with Gasteiger partial charge in [0.2, 0.25) is 0 Å². The van der Waals surface area contributed by atoms with Crippen LogP contribution in [-0.2, 0) is 6.18 Å². The van der Waals surface area contributed by atoms with E-state index in [1.807, 2.05) is 0 Å². The molecular formula is C33H26F7N3O3. The summed E-state index contributed by atoms with van der Waals surface area (Å²) in [6, 6.07) is 11.0. The van der Waals surface area contributed by atoms with E-state index in [4.69, 9.17) is 9.47 Å². The van der Waals surface area contributed by atoms with Gasteiger partial charge in [-0.25, -0.2) is 9.37 Å². The normalized spacial score (nSPS) is 16.8. The maximum absolute atomic E-state index is 14.5. The molecule has 2 atom stereocenters. The number of benzene rings is 2. The molecule has 3 heterocycles. The Kier molecular flexibility index (Phi) is 8.11. The summed E-state index contributed by atoms with van der Waals surface area (Å²) < 4.78 is 110. The van der Waals surface area contributed by atoms with Crippen molar-refractivity contribution in [3.8, 4) is 33.9 Å². The molecular weight excluding hydrogens is 619 g/mol. The third-order valence-corrected chi connectivity index (χ3v) is 7.84. The van der Waals surface area contributed by atoms with Gasteiger partial charge in [-0.15, -0.1) is 0 Å². The molecule has 2 unspecified atom stereocenters. The van der Waals surface area contributed by atoms with Gasteiger partial charge in [0.15, 0.2) is 0 Å². The molecule has 1 aliphatic heterocycles. The lowest BCUT2D eigenvalue weighted by atomic mass is 9.95. The first-order chi connectivity index (χ1) is 21.8. The molecule has 1 aliphatic carbocycles. The number of pyridine rings is 2. The quantitative estimate of drug-likeness (QED) is 0.196. The van der Waals surface area contributed by atoms with Crippen molar-refractivity contribution in [1.82, 2.24) is 15.3 Å². The molecule has 1 saturated carbocycles. The van der Waals surface area contributed by atoms with Crippen molar-refractivity contribution < 1.29 is 45.0 Å². The zero-order valence-corrected chi connectivity index (χ0v) is 24.2. The average molecular weight is 646 g/mol. The van der Waals surface area contributed by atoms with Gasteiger partial charge < -0.3 is 14.8 Å². The fourth-order valence-electron chi connectivity index (χ4n) is 5.26. The smallest absolute Gasteiger partial charge is 0.417 e. The number of ether oxygens (including phenoxy) is 2. The molecule has 2 aromatic heterocycles. The molecule has 0 radical (unpaired) electrons. The minimum Gasteiger partial charge on any atom is -0.490 e. The number of fused-ring (bicyclic) bond motifs is 1. The second-order valence-electron chi connectivity index (χ2n) is 11.3. The number of alkyl halides is 6. The largest absolute Gasteiger partial charge is 0.490 e. The van der Waals surface area contributed by atoms with Gasteiger partial charge in [0.05, 0.1) is 24.0 Å². The summed E-state index contributed by atoms with van der Waals surface area (Å²) in [4.78, 5) is 21.3. The third kappa shape index (κ3) is 6.49. The lowest BCUT2D eigenvalue weighted by Gasteiger charge is -2.22. The van der Waals surface area contributed by atoms with E-state index >= 15 is 0 Å². The van der Waals surface area contributed by atoms with Gasteiger partial charge in [0.1, 0.15) is 28.9 Å². The minimum atomic E-state index is -4.85. The number of amides is 1. The second-order valence-corrected chi connectivity index (χ2v) is 11.3. The number of rotatable bonds is 8. The van der Waals surface area contributed by atoms with Crippen molar-refractivity contribution in [3.63, 3.8) is 0 Å². The highest BCUT2D eigenvalue weighted by Gasteiger charge is 2.43. The Morgan fingerprint density at radius 2 is 1.76 bits per heavy atom. The summed E-state index contributed by atoms with van der Waals surface area (Å²) in [5, 5.41) is 2.29. The molecule has 6 nitrogen and oxygen atoms in total. The molecule has 2 aromatic carbocycles. The summed E-state index contributed by atoms with van der Waals surface area (Å²) in [5.74, 6) is -3.57. The topological polar surface area (TPSA) is 73.3 Å². The predicted molar refractivity (Wildman–Crippen MR) is 153 cm³/mol. The number of carbonyl (C=O) groups excluding carboxylic acids is 1. The van der Waals surface area contributed by atoms with Crippen LogP contribution in [0.3, 0.4) is 0 Å². The number of aromatic nitrogens is 2. The molecule has 1 fully saturated rings. The molecule has 2 aliphatic rings. The Labute approximate surface area is 258 Å². The van der Waals surface area contributed by atoms with Crippen LogP contribution in [0.15, 0.2) is 67.0 Å². The molecule has 13 heteroatoms. The molecule has 240 valence electrons. The van der Waals surface area contributed by atoms with Gasteiger partial charge in [0, 0.05) is 52.7 Å². The van der Waals surface area contributed by atoms with Gasteiger partial charge in [-0.2, -0.15) is 26.3 Å². The van der Waals surface area contributed by atoms with Crippen LogP contribution in [-0.4, -0.2) is 41.3 Å². The maximum Gasteiger partial charge on any atom is 0.417 e. The van der Waals surface area contributed by atoms with Crippen molar-refractivity contribution in [3.05, 3.63) is 95.2 Å². The Balaban J connectivity index is 1.32. The van der Waals surface area contributed by atoms with Crippen molar-refractivity contribution in [2.24, 2.45) is 0 Å². The van der Waals surface area contributed by atoms with Crippen LogP contribution in [0.25, 0.3) is 22.4 Å². The van der Waals surface area contributed by atoms with Crippen LogP contribution in [0.2, 0.25) is 0 Å². The van der Waals surface area contributed by atoms with Crippen molar-refractivity contribution in [1.29, 1.82) is 0 Å². The van der Waals surface area contributed by atoms with Crippen LogP contribution in [0.4, 0.5) is 30.7 Å². The first-order valence-electron chi connectivity index (χ1n) is 14.4. The van der Waals surface area contributed by atoms with Gasteiger partial charge in [0.25, 0.3) is 5.91 Å². The first kappa shape index (κ1) is 31.3. The molecule has 0 spiro atoms. The SMILES string of the molecule is CC1COc2c1cc(C(CNC(=O)c1ccc(OC3CC3)c(-c3cnccc3C(F)(F)F)c1)C(F)(F)F)nc2-c1ccc(F)cc1. The number of hydrogen-bond acceptors (Lipinski definition) is 5. The molecule has 46 heavy (non-hydrogen) atoms. The van der Waals surface area contributed by atoms with Crippen LogP contribution in [0.1, 0.15) is 58.8 Å². The van der Waals surface area contributed by atoms with E-state index in [9.17, 15) is 35.5 Å². The van der Waals surface area contributed by atoms with Gasteiger partial charge in [-0.3, -0.25) is 9.78 Å². The van der Waals surface area contributed by atoms with E-state index < -0.39 is 42.1 Å². The molecule has 1 amide bonds. The van der Waals surface area contributed by atoms with Crippen molar-refractivity contribution in [2.45, 2.75) is 50.1 Å². The highest BCUT2D eigenvalue weighted by molar-refractivity contribution is 5.96. The van der Waals surface area contributed by atoms with E-state index in [1.165, 1.54) is 30.3 Å². The number of hydrogen-bond donors (Lipinski definition) is 1. The highest BCUT2D eigenvalue weighted by atomic mass is 19.4. The molecule has 1 N–H and O–H groups in total. The summed E-state index contributed by atoms with van der Waals surface area (Å²) >= 11 is 0. The molecule has 0 bridgehead atoms. The lowest BCUT2D eigenvalue weighted by Crippen LogP contribution is -2.35. The average Bonchev–Trinajstić information content (AvgIpc) is 3.75. The fraction of sp³-hybridized carbons (Fsp3) is 0.303. The van der Waals surface area contributed by atoms with Crippen molar-refractivity contribution in [2.75, 3.05) is 13.2 Å². The standard InChI is InChI=1S/C33H26F7N3O3/c1-17-16-45-30-22(17)13-27(43-29(30)18-2-5-20(34)6-3-18)26(33(38,39)40)15-42-31(44)19-4-9-28(46-21-7-8-21)23(12-19)24-14-41-11-10-25(24)32(35,36)37/h2-6,9-14,17,21,26H,7-8,15-16H2,1H3,(H,42,44). The van der Waals surface area contributed by atoms with E-state index in [0.717, 1.165) is 36.7 Å². The van der Waals surface area contributed by atoms with E-state index in [2.05, 4.69) is 15.3 Å². The van der Waals surface area contributed by atoms with Gasteiger partial charge in [-0.05, 0) is 67.4 Å². The van der Waals surface area contributed by atoms with E-state index in [1.54, 1.807) is 6.92 Å². The predicted octanol–water partition coefficient (Wildman–Crippen LogP) is 8.08. The molecule has 4 aromatic rings. The summed E-state index contributed by atoms with van der Waals surface area (Å²) in [5.41, 5.74) is -0.979. The highest BCUT2D eigenvalue weighted by Crippen LogP contribution is 2.45. The molecule has 6 rings (SSSR count). The third-order valence-electron chi connectivity index (χ3n) is 7.84. The Morgan fingerprint density at radius 3 is 2.43 bits per heavy atom. The zero-order chi connectivity index (χ0) is 32.8. The van der Waals surface area contributed by atoms with Gasteiger partial charge in [-0.1, -0.05) is 6.92 Å². The summed E-state index contributed by atoms with van der Waals surface area (Å²) in [6.45, 7) is 1.09. The Hall–Kier alpha value is -4.68. The van der Waals surface area contributed by atoms with E-state index in [-0.39, 0.29) is 52.5 Å². The monoisotopic (exact) mass is 645 g/mol. The minimum absolute atomic E-state index is 0.0643. The van der Waals surface area contributed by atoms with Gasteiger partial charge >= 0.3 is 12.4 Å². The van der Waals surface area contributed by atoms with E-state index in [0.29, 0.717) is 29.7 Å². The van der Waals surface area contributed by atoms with Crippen molar-refractivity contribution >= 4 is 5.91 Å². The first-order valence-corrected chi connectivity index (χ1v) is 14.4. The lowest BCUT2D eigenvalue weighted by molar-refractivity contribution is -0.149. The van der Waals surface area contributed by atoms with Crippen LogP contribution in [0, 0.1) is 5.82 Å². The second kappa shape index (κ2) is 11.9. The maximum atomic E-state index is 14.5. The van der Waals surface area contributed by atoms with Crippen LogP contribution >= 0.6 is 0 Å². The summed E-state index contributed by atoms with van der Waals surface area (Å²) in [6.07, 6.45) is -6.36. The number of nitrogens with one attached hydrogen (secondary N) is 1. The Morgan fingerprint density at radius 1 is 1.02 bits per heavy atom. The number of carbonyl (C=O) groups is 1. The number of nitrogens with zero attached hydrogens (tertiary/aromatic N) is 2. The molecule has 0 saturated heterocycles. The van der Waals surface area contributed by atoms with Crippen LogP contribution < -0.4 is 14.8 Å².